The SMILES string of the molecule is CCC1(c2ccccc2)CCCC(C(=O)O)C1N(C)C. The minimum atomic E-state index is -0.655. The van der Waals surface area contributed by atoms with E-state index in [1.54, 1.807) is 0 Å². The van der Waals surface area contributed by atoms with Crippen LogP contribution in [0.5, 0.6) is 0 Å². The summed E-state index contributed by atoms with van der Waals surface area (Å²) in [4.78, 5) is 13.8. The van der Waals surface area contributed by atoms with Crippen LogP contribution in [0.2, 0.25) is 0 Å². The van der Waals surface area contributed by atoms with Crippen LogP contribution in [0.25, 0.3) is 0 Å². The van der Waals surface area contributed by atoms with E-state index in [2.05, 4.69) is 36.1 Å². The standard InChI is InChI=1S/C17H25NO2/c1-4-17(13-9-6-5-7-10-13)12-8-11-14(16(19)20)15(17)18(2)3/h5-7,9-10,14-15H,4,8,11-12H2,1-3H3,(H,19,20). The fourth-order valence-electron chi connectivity index (χ4n) is 4.12. The minimum absolute atomic E-state index is 0.0495. The van der Waals surface area contributed by atoms with Crippen molar-refractivity contribution < 1.29 is 9.90 Å². The quantitative estimate of drug-likeness (QED) is 0.917. The number of hydrogen-bond donors (Lipinski definition) is 1. The molecule has 1 aromatic carbocycles. The van der Waals surface area contributed by atoms with E-state index in [4.69, 9.17) is 0 Å². The molecule has 20 heavy (non-hydrogen) atoms. The average Bonchev–Trinajstić information content (AvgIpc) is 2.46. The molecule has 3 heteroatoms. The molecular weight excluding hydrogens is 250 g/mol. The Kier molecular flexibility index (Phi) is 4.48. The van der Waals surface area contributed by atoms with Crippen molar-refractivity contribution in [2.24, 2.45) is 5.92 Å². The monoisotopic (exact) mass is 275 g/mol. The molecule has 1 aromatic rings. The summed E-state index contributed by atoms with van der Waals surface area (Å²) in [6.45, 7) is 2.19. The Morgan fingerprint density at radius 1 is 1.35 bits per heavy atom. The summed E-state index contributed by atoms with van der Waals surface area (Å²) < 4.78 is 0. The van der Waals surface area contributed by atoms with E-state index in [0.717, 1.165) is 25.7 Å². The highest BCUT2D eigenvalue weighted by Gasteiger charge is 2.49. The first-order chi connectivity index (χ1) is 9.53. The molecule has 3 atom stereocenters. The van der Waals surface area contributed by atoms with Gasteiger partial charge >= 0.3 is 5.97 Å². The van der Waals surface area contributed by atoms with E-state index in [0.29, 0.717) is 0 Å². The largest absolute Gasteiger partial charge is 0.481 e. The van der Waals surface area contributed by atoms with Crippen molar-refractivity contribution in [3.63, 3.8) is 0 Å². The molecule has 0 amide bonds. The van der Waals surface area contributed by atoms with Crippen LogP contribution >= 0.6 is 0 Å². The maximum Gasteiger partial charge on any atom is 0.308 e. The number of aliphatic carboxylic acids is 1. The lowest BCUT2D eigenvalue weighted by atomic mass is 9.60. The second-order valence-electron chi connectivity index (χ2n) is 6.12. The van der Waals surface area contributed by atoms with Crippen LogP contribution in [-0.2, 0) is 10.2 Å². The molecule has 1 fully saturated rings. The summed E-state index contributed by atoms with van der Waals surface area (Å²) in [5, 5.41) is 9.61. The van der Waals surface area contributed by atoms with Gasteiger partial charge in [-0.2, -0.15) is 0 Å². The third-order valence-corrected chi connectivity index (χ3v) is 4.94. The van der Waals surface area contributed by atoms with Crippen LogP contribution in [0.4, 0.5) is 0 Å². The fourth-order valence-corrected chi connectivity index (χ4v) is 4.12. The van der Waals surface area contributed by atoms with Gasteiger partial charge in [0.15, 0.2) is 0 Å². The molecule has 0 heterocycles. The Morgan fingerprint density at radius 2 is 2.00 bits per heavy atom. The molecule has 0 aromatic heterocycles. The number of nitrogens with zero attached hydrogens (tertiary/aromatic N) is 1. The van der Waals surface area contributed by atoms with Gasteiger partial charge in [-0.25, -0.2) is 0 Å². The Balaban J connectivity index is 2.51. The molecule has 2 rings (SSSR count). The van der Waals surface area contributed by atoms with Crippen molar-refractivity contribution in [2.75, 3.05) is 14.1 Å². The van der Waals surface area contributed by atoms with Gasteiger partial charge in [0.2, 0.25) is 0 Å². The number of carbonyl (C=O) groups is 1. The van der Waals surface area contributed by atoms with Crippen molar-refractivity contribution in [1.29, 1.82) is 0 Å². The lowest BCUT2D eigenvalue weighted by Gasteiger charge is -2.50. The summed E-state index contributed by atoms with van der Waals surface area (Å²) in [6.07, 6.45) is 3.82. The molecule has 3 nitrogen and oxygen atoms in total. The highest BCUT2D eigenvalue weighted by atomic mass is 16.4. The number of carboxylic acids is 1. The van der Waals surface area contributed by atoms with Gasteiger partial charge in [0.25, 0.3) is 0 Å². The van der Waals surface area contributed by atoms with Gasteiger partial charge in [0.1, 0.15) is 0 Å². The summed E-state index contributed by atoms with van der Waals surface area (Å²) >= 11 is 0. The van der Waals surface area contributed by atoms with Gasteiger partial charge in [-0.1, -0.05) is 43.7 Å². The van der Waals surface area contributed by atoms with Crippen LogP contribution in [0, 0.1) is 5.92 Å². The topological polar surface area (TPSA) is 40.5 Å². The molecule has 3 unspecified atom stereocenters. The maximum atomic E-state index is 11.7. The molecule has 110 valence electrons. The van der Waals surface area contributed by atoms with Crippen LogP contribution in [0.1, 0.15) is 38.2 Å². The van der Waals surface area contributed by atoms with Crippen LogP contribution in [0.15, 0.2) is 30.3 Å². The van der Waals surface area contributed by atoms with E-state index < -0.39 is 5.97 Å². The van der Waals surface area contributed by atoms with Crippen molar-refractivity contribution in [3.8, 4) is 0 Å². The van der Waals surface area contributed by atoms with Gasteiger partial charge in [-0.15, -0.1) is 0 Å². The van der Waals surface area contributed by atoms with Crippen molar-refractivity contribution in [2.45, 2.75) is 44.1 Å². The number of carboxylic acid groups (broad SMARTS) is 1. The van der Waals surface area contributed by atoms with Gasteiger partial charge < -0.3 is 10.0 Å². The first-order valence-electron chi connectivity index (χ1n) is 7.47. The number of hydrogen-bond acceptors (Lipinski definition) is 2. The zero-order chi connectivity index (χ0) is 14.8. The maximum absolute atomic E-state index is 11.7. The van der Waals surface area contributed by atoms with Gasteiger partial charge in [-0.3, -0.25) is 4.79 Å². The molecule has 0 radical (unpaired) electrons. The predicted octanol–water partition coefficient (Wildman–Crippen LogP) is 3.15. The molecule has 1 aliphatic rings. The molecule has 1 N–H and O–H groups in total. The lowest BCUT2D eigenvalue weighted by molar-refractivity contribution is -0.147. The zero-order valence-corrected chi connectivity index (χ0v) is 12.7. The van der Waals surface area contributed by atoms with Gasteiger partial charge in [-0.05, 0) is 38.9 Å². The molecule has 1 aliphatic carbocycles. The smallest absolute Gasteiger partial charge is 0.308 e. The minimum Gasteiger partial charge on any atom is -0.481 e. The molecule has 0 spiro atoms. The van der Waals surface area contributed by atoms with Crippen molar-refractivity contribution in [3.05, 3.63) is 35.9 Å². The van der Waals surface area contributed by atoms with E-state index in [-0.39, 0.29) is 17.4 Å². The van der Waals surface area contributed by atoms with Crippen LogP contribution in [0.3, 0.4) is 0 Å². The molecule has 0 bridgehead atoms. The van der Waals surface area contributed by atoms with E-state index in [1.807, 2.05) is 20.2 Å². The van der Waals surface area contributed by atoms with Crippen molar-refractivity contribution >= 4 is 5.97 Å². The summed E-state index contributed by atoms with van der Waals surface area (Å²) in [5.41, 5.74) is 1.23. The van der Waals surface area contributed by atoms with E-state index in [1.165, 1.54) is 5.56 Å². The Hall–Kier alpha value is -1.35. The van der Waals surface area contributed by atoms with Crippen LogP contribution < -0.4 is 0 Å². The second-order valence-corrected chi connectivity index (χ2v) is 6.12. The first-order valence-corrected chi connectivity index (χ1v) is 7.47. The first kappa shape index (κ1) is 15.0. The third kappa shape index (κ3) is 2.47. The molecular formula is C17H25NO2. The number of benzene rings is 1. The molecule has 0 aliphatic heterocycles. The Morgan fingerprint density at radius 3 is 2.50 bits per heavy atom. The highest BCUT2D eigenvalue weighted by Crippen LogP contribution is 2.46. The average molecular weight is 275 g/mol. The molecule has 1 saturated carbocycles. The Bertz CT molecular complexity index is 457. The van der Waals surface area contributed by atoms with Gasteiger partial charge in [0, 0.05) is 11.5 Å². The summed E-state index contributed by atoms with van der Waals surface area (Å²) in [6, 6.07) is 10.5. The van der Waals surface area contributed by atoms with E-state index >= 15 is 0 Å². The molecule has 0 saturated heterocycles. The number of likely N-dealkylation sites (N-methyl/N-ethyl adjacent to an activating group) is 1. The van der Waals surface area contributed by atoms with Gasteiger partial charge in [0.05, 0.1) is 5.92 Å². The summed E-state index contributed by atoms with van der Waals surface area (Å²) in [5.74, 6) is -0.934. The zero-order valence-electron chi connectivity index (χ0n) is 12.7. The Labute approximate surface area is 121 Å². The van der Waals surface area contributed by atoms with E-state index in [9.17, 15) is 9.90 Å². The summed E-state index contributed by atoms with van der Waals surface area (Å²) in [7, 11) is 4.03. The highest BCUT2D eigenvalue weighted by molar-refractivity contribution is 5.71. The fraction of sp³-hybridized carbons (Fsp3) is 0.588. The lowest BCUT2D eigenvalue weighted by Crippen LogP contribution is -2.56. The van der Waals surface area contributed by atoms with Crippen molar-refractivity contribution in [1.82, 2.24) is 4.90 Å². The second kappa shape index (κ2) is 5.96. The predicted molar refractivity (Wildman–Crippen MR) is 80.9 cm³/mol. The number of rotatable bonds is 4. The van der Waals surface area contributed by atoms with Crippen LogP contribution in [-0.4, -0.2) is 36.1 Å². The third-order valence-electron chi connectivity index (χ3n) is 4.94. The normalized spacial score (nSPS) is 30.4.